The van der Waals surface area contributed by atoms with Gasteiger partial charge in [-0.3, -0.25) is 0 Å². The smallest absolute Gasteiger partial charge is 0.0143 e. The molecule has 0 fully saturated rings. The largest absolute Gasteiger partial charge is 0.0654 e. The Balaban J connectivity index is 2.10. The van der Waals surface area contributed by atoms with Crippen molar-refractivity contribution in [1.82, 2.24) is 0 Å². The van der Waals surface area contributed by atoms with Gasteiger partial charge in [-0.1, -0.05) is 160 Å². The normalized spacial score (nSPS) is 11.9. The third-order valence-electron chi connectivity index (χ3n) is 7.70. The van der Waals surface area contributed by atoms with E-state index in [2.05, 4.69) is 83.1 Å². The number of aryl methyl sites for hydroxylation is 2. The standard InChI is InChI=1S/C35H56/c1-6-8-10-12-14-16-18-24-30-26-20-22-28-32(30)34(35(3,4)5)33-29-23-21-27-31(33)25-19-17-15-13-11-9-7-2/h20-23,26-29,34H,6-19,24-25H2,1-5H3. The van der Waals surface area contributed by atoms with Crippen molar-refractivity contribution in [3.63, 3.8) is 0 Å². The maximum Gasteiger partial charge on any atom is 0.0143 e. The second kappa shape index (κ2) is 17.0. The van der Waals surface area contributed by atoms with Crippen LogP contribution in [0.15, 0.2) is 48.5 Å². The lowest BCUT2D eigenvalue weighted by Gasteiger charge is -2.35. The molecule has 0 amide bonds. The van der Waals surface area contributed by atoms with Gasteiger partial charge in [0, 0.05) is 5.92 Å². The van der Waals surface area contributed by atoms with Crippen molar-refractivity contribution in [2.45, 2.75) is 143 Å². The first-order valence-electron chi connectivity index (χ1n) is 15.1. The molecule has 0 aliphatic rings. The lowest BCUT2D eigenvalue weighted by Crippen LogP contribution is -2.22. The first kappa shape index (κ1) is 29.7. The summed E-state index contributed by atoms with van der Waals surface area (Å²) in [5.41, 5.74) is 6.47. The Hall–Kier alpha value is -1.56. The molecule has 0 saturated carbocycles. The molecule has 196 valence electrons. The summed E-state index contributed by atoms with van der Waals surface area (Å²) in [5, 5.41) is 0. The van der Waals surface area contributed by atoms with Crippen LogP contribution in [0.25, 0.3) is 0 Å². The molecule has 2 aromatic carbocycles. The Morgan fingerprint density at radius 3 is 1.20 bits per heavy atom. The van der Waals surface area contributed by atoms with Crippen LogP contribution in [0.2, 0.25) is 0 Å². The molecular weight excluding hydrogens is 420 g/mol. The van der Waals surface area contributed by atoms with E-state index in [4.69, 9.17) is 0 Å². The van der Waals surface area contributed by atoms with Gasteiger partial charge in [-0.2, -0.15) is 0 Å². The van der Waals surface area contributed by atoms with Crippen LogP contribution >= 0.6 is 0 Å². The Kier molecular flexibility index (Phi) is 14.4. The lowest BCUT2D eigenvalue weighted by atomic mass is 9.69. The maximum atomic E-state index is 2.44. The van der Waals surface area contributed by atoms with Gasteiger partial charge in [-0.25, -0.2) is 0 Å². The van der Waals surface area contributed by atoms with Crippen LogP contribution in [0.1, 0.15) is 153 Å². The molecule has 0 heteroatoms. The molecular formula is C35H56. The summed E-state index contributed by atoms with van der Waals surface area (Å²) in [6, 6.07) is 18.7. The number of hydrogen-bond donors (Lipinski definition) is 0. The fraction of sp³-hybridized carbons (Fsp3) is 0.657. The number of rotatable bonds is 18. The first-order chi connectivity index (χ1) is 17.0. The molecule has 0 spiro atoms. The van der Waals surface area contributed by atoms with Crippen LogP contribution in [0, 0.1) is 5.41 Å². The van der Waals surface area contributed by atoms with Crippen LogP contribution in [-0.2, 0) is 12.8 Å². The van der Waals surface area contributed by atoms with Gasteiger partial charge >= 0.3 is 0 Å². The van der Waals surface area contributed by atoms with Gasteiger partial charge < -0.3 is 0 Å². The molecule has 0 unspecified atom stereocenters. The van der Waals surface area contributed by atoms with Crippen LogP contribution in [-0.4, -0.2) is 0 Å². The Bertz CT molecular complexity index is 732. The predicted molar refractivity (Wildman–Crippen MR) is 158 cm³/mol. The van der Waals surface area contributed by atoms with E-state index < -0.39 is 0 Å². The molecule has 0 atom stereocenters. The van der Waals surface area contributed by atoms with E-state index in [9.17, 15) is 0 Å². The van der Waals surface area contributed by atoms with E-state index in [-0.39, 0.29) is 5.41 Å². The molecule has 0 aliphatic heterocycles. The summed E-state index contributed by atoms with van der Waals surface area (Å²) in [4.78, 5) is 0. The van der Waals surface area contributed by atoms with Crippen molar-refractivity contribution in [2.24, 2.45) is 5.41 Å². The quantitative estimate of drug-likeness (QED) is 0.188. The van der Waals surface area contributed by atoms with Crippen molar-refractivity contribution in [3.05, 3.63) is 70.8 Å². The number of unbranched alkanes of at least 4 members (excludes halogenated alkanes) is 12. The van der Waals surface area contributed by atoms with Gasteiger partial charge in [0.2, 0.25) is 0 Å². The minimum atomic E-state index is 0.187. The van der Waals surface area contributed by atoms with E-state index in [1.807, 2.05) is 0 Å². The van der Waals surface area contributed by atoms with Crippen LogP contribution < -0.4 is 0 Å². The van der Waals surface area contributed by atoms with Crippen molar-refractivity contribution >= 4 is 0 Å². The Labute approximate surface area is 219 Å². The molecule has 2 aromatic rings. The van der Waals surface area contributed by atoms with Gasteiger partial charge in [-0.15, -0.1) is 0 Å². The molecule has 0 aromatic heterocycles. The maximum absolute atomic E-state index is 2.44. The van der Waals surface area contributed by atoms with Gasteiger partial charge in [0.1, 0.15) is 0 Å². The summed E-state index contributed by atoms with van der Waals surface area (Å²) in [6.07, 6.45) is 21.7. The highest BCUT2D eigenvalue weighted by atomic mass is 14.3. The molecule has 0 N–H and O–H groups in total. The number of hydrogen-bond acceptors (Lipinski definition) is 0. The minimum Gasteiger partial charge on any atom is -0.0654 e. The average Bonchev–Trinajstić information content (AvgIpc) is 2.84. The van der Waals surface area contributed by atoms with Crippen molar-refractivity contribution < 1.29 is 0 Å². The van der Waals surface area contributed by atoms with E-state index in [0.717, 1.165) is 0 Å². The zero-order chi connectivity index (χ0) is 25.4. The highest BCUT2D eigenvalue weighted by molar-refractivity contribution is 5.43. The fourth-order valence-corrected chi connectivity index (χ4v) is 5.73. The predicted octanol–water partition coefficient (Wildman–Crippen LogP) is 11.5. The summed E-state index contributed by atoms with van der Waals surface area (Å²) >= 11 is 0. The van der Waals surface area contributed by atoms with Crippen LogP contribution in [0.4, 0.5) is 0 Å². The fourth-order valence-electron chi connectivity index (χ4n) is 5.73. The molecule has 0 saturated heterocycles. The summed E-state index contributed by atoms with van der Waals surface area (Å²) in [6.45, 7) is 11.9. The number of benzene rings is 2. The van der Waals surface area contributed by atoms with E-state index in [1.54, 1.807) is 22.3 Å². The topological polar surface area (TPSA) is 0 Å². The van der Waals surface area contributed by atoms with Crippen LogP contribution in [0.5, 0.6) is 0 Å². The van der Waals surface area contributed by atoms with Crippen molar-refractivity contribution in [2.75, 3.05) is 0 Å². The average molecular weight is 477 g/mol. The van der Waals surface area contributed by atoms with Crippen molar-refractivity contribution in [1.29, 1.82) is 0 Å². The molecule has 2 rings (SSSR count). The molecule has 0 heterocycles. The monoisotopic (exact) mass is 476 g/mol. The van der Waals surface area contributed by atoms with Gasteiger partial charge in [0.15, 0.2) is 0 Å². The summed E-state index contributed by atoms with van der Waals surface area (Å²) in [5.74, 6) is 0.448. The second-order valence-electron chi connectivity index (χ2n) is 11.9. The highest BCUT2D eigenvalue weighted by Crippen LogP contribution is 2.43. The summed E-state index contributed by atoms with van der Waals surface area (Å²) in [7, 11) is 0. The van der Waals surface area contributed by atoms with Gasteiger partial charge in [-0.05, 0) is 53.4 Å². The third-order valence-corrected chi connectivity index (χ3v) is 7.70. The first-order valence-corrected chi connectivity index (χ1v) is 15.1. The van der Waals surface area contributed by atoms with E-state index in [1.165, 1.54) is 103 Å². The van der Waals surface area contributed by atoms with Gasteiger partial charge in [0.25, 0.3) is 0 Å². The highest BCUT2D eigenvalue weighted by Gasteiger charge is 2.30. The minimum absolute atomic E-state index is 0.187. The van der Waals surface area contributed by atoms with E-state index >= 15 is 0 Å². The molecule has 0 bridgehead atoms. The second-order valence-corrected chi connectivity index (χ2v) is 11.9. The molecule has 0 aliphatic carbocycles. The Morgan fingerprint density at radius 2 is 0.829 bits per heavy atom. The lowest BCUT2D eigenvalue weighted by molar-refractivity contribution is 0.355. The zero-order valence-electron chi connectivity index (χ0n) is 24.0. The SMILES string of the molecule is CCCCCCCCCc1ccccc1C(c1ccccc1CCCCCCCCC)C(C)(C)C. The zero-order valence-corrected chi connectivity index (χ0v) is 24.0. The Morgan fingerprint density at radius 1 is 0.486 bits per heavy atom. The van der Waals surface area contributed by atoms with E-state index in [0.29, 0.717) is 5.92 Å². The van der Waals surface area contributed by atoms with Crippen LogP contribution in [0.3, 0.4) is 0 Å². The van der Waals surface area contributed by atoms with Gasteiger partial charge in [0.05, 0.1) is 0 Å². The molecule has 0 nitrogen and oxygen atoms in total. The third kappa shape index (κ3) is 10.9. The van der Waals surface area contributed by atoms with Crippen molar-refractivity contribution in [3.8, 4) is 0 Å². The molecule has 0 radical (unpaired) electrons. The molecule has 35 heavy (non-hydrogen) atoms. The summed E-state index contributed by atoms with van der Waals surface area (Å²) < 4.78 is 0.